The van der Waals surface area contributed by atoms with Crippen LogP contribution in [0.25, 0.3) is 0 Å². The van der Waals surface area contributed by atoms with Crippen LogP contribution >= 0.6 is 7.60 Å². The van der Waals surface area contributed by atoms with Crippen LogP contribution in [0.4, 0.5) is 0 Å². The molecule has 0 amide bonds. The Balaban J connectivity index is 3.58. The van der Waals surface area contributed by atoms with E-state index in [9.17, 15) is 4.57 Å². The first-order chi connectivity index (χ1) is 4.48. The average molecular weight is 166 g/mol. The molecule has 10 heavy (non-hydrogen) atoms. The summed E-state index contributed by atoms with van der Waals surface area (Å²) in [5, 5.41) is 0. The van der Waals surface area contributed by atoms with Crippen molar-refractivity contribution in [2.75, 3.05) is 13.3 Å². The van der Waals surface area contributed by atoms with E-state index >= 15 is 0 Å². The van der Waals surface area contributed by atoms with Gasteiger partial charge in [-0.1, -0.05) is 13.8 Å². The normalized spacial score (nSPS) is 17.3. The Morgan fingerprint density at radius 1 is 1.60 bits per heavy atom. The van der Waals surface area contributed by atoms with Gasteiger partial charge in [0.25, 0.3) is 0 Å². The van der Waals surface area contributed by atoms with Gasteiger partial charge in [0.05, 0.1) is 6.16 Å². The summed E-state index contributed by atoms with van der Waals surface area (Å²) in [5.74, 6) is 0.454. The van der Waals surface area contributed by atoms with Crippen molar-refractivity contribution in [3.63, 3.8) is 0 Å². The molecule has 0 aromatic rings. The minimum absolute atomic E-state index is 0.265. The molecule has 0 bridgehead atoms. The third-order valence-electron chi connectivity index (χ3n) is 1.27. The molecule has 0 heterocycles. The van der Waals surface area contributed by atoms with Crippen LogP contribution in [-0.4, -0.2) is 18.2 Å². The number of hydrogen-bond acceptors (Lipinski definition) is 2. The van der Waals surface area contributed by atoms with Crippen molar-refractivity contribution >= 4 is 7.60 Å². The van der Waals surface area contributed by atoms with Crippen LogP contribution in [0.1, 0.15) is 20.3 Å². The van der Waals surface area contributed by atoms with Gasteiger partial charge in [-0.15, -0.1) is 0 Å². The highest BCUT2D eigenvalue weighted by molar-refractivity contribution is 7.52. The zero-order valence-corrected chi connectivity index (χ0v) is 7.60. The Morgan fingerprint density at radius 3 is 2.40 bits per heavy atom. The minimum atomic E-state index is -3.23. The fourth-order valence-electron chi connectivity index (χ4n) is 0.513. The molecule has 0 aromatic carbocycles. The van der Waals surface area contributed by atoms with E-state index in [1.54, 1.807) is 0 Å². The average Bonchev–Trinajstić information content (AvgIpc) is 1.85. The molecule has 1 atom stereocenters. The minimum Gasteiger partial charge on any atom is -0.324 e. The molecular formula is C6H15O3P. The first kappa shape index (κ1) is 10.2. The zero-order chi connectivity index (χ0) is 8.20. The predicted molar refractivity (Wildman–Crippen MR) is 41.2 cm³/mol. The second-order valence-corrected chi connectivity index (χ2v) is 4.81. The molecule has 0 aliphatic rings. The van der Waals surface area contributed by atoms with E-state index in [1.165, 1.54) is 7.11 Å². The van der Waals surface area contributed by atoms with E-state index in [4.69, 9.17) is 4.89 Å². The van der Waals surface area contributed by atoms with Gasteiger partial charge in [0.1, 0.15) is 0 Å². The third kappa shape index (κ3) is 4.98. The lowest BCUT2D eigenvalue weighted by Gasteiger charge is -2.09. The Bertz CT molecular complexity index is 133. The van der Waals surface area contributed by atoms with E-state index < -0.39 is 7.60 Å². The number of hydrogen-bond donors (Lipinski definition) is 1. The molecule has 4 heteroatoms. The summed E-state index contributed by atoms with van der Waals surface area (Å²) < 4.78 is 15.2. The van der Waals surface area contributed by atoms with Crippen molar-refractivity contribution in [2.45, 2.75) is 20.3 Å². The first-order valence-electron chi connectivity index (χ1n) is 3.35. The summed E-state index contributed by atoms with van der Waals surface area (Å²) in [5.41, 5.74) is 0. The maximum Gasteiger partial charge on any atom is 0.327 e. The monoisotopic (exact) mass is 166 g/mol. The molecule has 0 aliphatic carbocycles. The van der Waals surface area contributed by atoms with Crippen molar-refractivity contribution in [1.82, 2.24) is 0 Å². The summed E-state index contributed by atoms with van der Waals surface area (Å²) in [6, 6.07) is 0. The van der Waals surface area contributed by atoms with Gasteiger partial charge < -0.3 is 9.42 Å². The van der Waals surface area contributed by atoms with Crippen molar-refractivity contribution in [2.24, 2.45) is 5.92 Å². The molecule has 0 spiro atoms. The Morgan fingerprint density at radius 2 is 2.10 bits per heavy atom. The molecule has 1 unspecified atom stereocenters. The van der Waals surface area contributed by atoms with Crippen LogP contribution in [-0.2, 0) is 9.09 Å². The van der Waals surface area contributed by atoms with Crippen LogP contribution in [0.5, 0.6) is 0 Å². The quantitative estimate of drug-likeness (QED) is 0.648. The first-order valence-corrected chi connectivity index (χ1v) is 5.12. The van der Waals surface area contributed by atoms with Crippen LogP contribution in [0, 0.1) is 5.92 Å². The van der Waals surface area contributed by atoms with E-state index in [0.717, 1.165) is 6.42 Å². The van der Waals surface area contributed by atoms with Crippen molar-refractivity contribution in [3.05, 3.63) is 0 Å². The van der Waals surface area contributed by atoms with Crippen LogP contribution in [0.2, 0.25) is 0 Å². The van der Waals surface area contributed by atoms with Crippen molar-refractivity contribution in [3.8, 4) is 0 Å². The highest BCUT2D eigenvalue weighted by Gasteiger charge is 2.16. The number of rotatable bonds is 4. The lowest BCUT2D eigenvalue weighted by molar-refractivity contribution is 0.312. The standard InChI is InChI=1S/C6H15O3P/c1-6(2)4-5-10(7,8)9-3/h6H,4-5H2,1-3H3,(H,7,8). The summed E-state index contributed by atoms with van der Waals surface area (Å²) in [6.07, 6.45) is 1.00. The predicted octanol–water partition coefficient (Wildman–Crippen LogP) is 1.86. The fraction of sp³-hybridized carbons (Fsp3) is 1.00. The Kier molecular flexibility index (Phi) is 4.18. The smallest absolute Gasteiger partial charge is 0.324 e. The molecule has 0 saturated heterocycles. The van der Waals surface area contributed by atoms with Crippen LogP contribution < -0.4 is 0 Å². The van der Waals surface area contributed by atoms with E-state index in [-0.39, 0.29) is 6.16 Å². The third-order valence-corrected chi connectivity index (χ3v) is 2.67. The summed E-state index contributed by atoms with van der Waals surface area (Å²) in [7, 11) is -1.96. The SMILES string of the molecule is COP(=O)(O)CCC(C)C. The summed E-state index contributed by atoms with van der Waals surface area (Å²) in [4.78, 5) is 8.91. The van der Waals surface area contributed by atoms with Crippen molar-refractivity contribution < 1.29 is 14.0 Å². The van der Waals surface area contributed by atoms with Gasteiger partial charge in [-0.2, -0.15) is 0 Å². The van der Waals surface area contributed by atoms with Crippen molar-refractivity contribution in [1.29, 1.82) is 0 Å². The lowest BCUT2D eigenvalue weighted by atomic mass is 10.2. The van der Waals surface area contributed by atoms with Gasteiger partial charge in [0.2, 0.25) is 0 Å². The van der Waals surface area contributed by atoms with Gasteiger partial charge >= 0.3 is 7.60 Å². The molecule has 0 aliphatic heterocycles. The van der Waals surface area contributed by atoms with E-state index in [1.807, 2.05) is 13.8 Å². The zero-order valence-electron chi connectivity index (χ0n) is 6.70. The van der Waals surface area contributed by atoms with Gasteiger partial charge in [0, 0.05) is 7.11 Å². The fourth-order valence-corrected chi connectivity index (χ4v) is 1.54. The molecule has 3 nitrogen and oxygen atoms in total. The lowest BCUT2D eigenvalue weighted by Crippen LogP contribution is -1.95. The van der Waals surface area contributed by atoms with E-state index in [0.29, 0.717) is 5.92 Å². The second-order valence-electron chi connectivity index (χ2n) is 2.73. The summed E-state index contributed by atoms with van der Waals surface area (Å²) >= 11 is 0. The molecule has 62 valence electrons. The Hall–Kier alpha value is 0.150. The molecule has 0 radical (unpaired) electrons. The molecule has 0 fully saturated rings. The highest BCUT2D eigenvalue weighted by atomic mass is 31.2. The van der Waals surface area contributed by atoms with Crippen LogP contribution in [0.15, 0.2) is 0 Å². The molecule has 1 N–H and O–H groups in total. The molecule has 0 aromatic heterocycles. The second kappa shape index (κ2) is 4.12. The molecule has 0 saturated carbocycles. The van der Waals surface area contributed by atoms with E-state index in [2.05, 4.69) is 4.52 Å². The van der Waals surface area contributed by atoms with Gasteiger partial charge in [-0.3, -0.25) is 4.57 Å². The Labute approximate surface area is 61.9 Å². The van der Waals surface area contributed by atoms with Gasteiger partial charge in [-0.05, 0) is 12.3 Å². The highest BCUT2D eigenvalue weighted by Crippen LogP contribution is 2.41. The van der Waals surface area contributed by atoms with Crippen LogP contribution in [0.3, 0.4) is 0 Å². The van der Waals surface area contributed by atoms with Gasteiger partial charge in [-0.25, -0.2) is 0 Å². The maximum absolute atomic E-state index is 10.8. The van der Waals surface area contributed by atoms with Gasteiger partial charge in [0.15, 0.2) is 0 Å². The topological polar surface area (TPSA) is 46.5 Å². The molecule has 0 rings (SSSR count). The molecular weight excluding hydrogens is 151 g/mol. The largest absolute Gasteiger partial charge is 0.327 e. The summed E-state index contributed by atoms with van der Waals surface area (Å²) in [6.45, 7) is 4.02. The maximum atomic E-state index is 10.8.